The van der Waals surface area contributed by atoms with Crippen molar-refractivity contribution in [2.75, 3.05) is 5.01 Å². The third-order valence-corrected chi connectivity index (χ3v) is 4.76. The molecule has 3 aromatic carbocycles. The molecule has 1 amide bonds. The number of ketones is 1. The van der Waals surface area contributed by atoms with Crippen LogP contribution < -0.4 is 5.01 Å². The van der Waals surface area contributed by atoms with E-state index < -0.39 is 11.7 Å². The van der Waals surface area contributed by atoms with Crippen LogP contribution in [0.25, 0.3) is 5.70 Å². The number of carbonyl (C=O) groups is 2. The quantitative estimate of drug-likeness (QED) is 0.597. The van der Waals surface area contributed by atoms with Crippen molar-refractivity contribution in [2.24, 2.45) is 0 Å². The van der Waals surface area contributed by atoms with Gasteiger partial charge in [-0.2, -0.15) is 0 Å². The number of benzene rings is 3. The summed E-state index contributed by atoms with van der Waals surface area (Å²) in [6.07, 6.45) is 0.489. The van der Waals surface area contributed by atoms with Crippen LogP contribution in [0.1, 0.15) is 18.9 Å². The molecule has 0 spiro atoms. The zero-order chi connectivity index (χ0) is 19.5. The van der Waals surface area contributed by atoms with Crippen LogP contribution in [0.15, 0.2) is 96.6 Å². The first kappa shape index (κ1) is 17.7. The third-order valence-electron chi connectivity index (χ3n) is 4.76. The number of nitrogens with zero attached hydrogens (tertiary/aromatic N) is 2. The second-order valence-corrected chi connectivity index (χ2v) is 6.48. The molecule has 0 aromatic heterocycles. The number of hydrogen-bond donors (Lipinski definition) is 0. The summed E-state index contributed by atoms with van der Waals surface area (Å²) < 4.78 is 0. The number of Topliss-reactive ketones (excluding diaryl/α,β-unsaturated/α-hetero) is 1. The number of anilines is 2. The van der Waals surface area contributed by atoms with Crippen LogP contribution in [-0.2, 0) is 9.59 Å². The molecule has 0 atom stereocenters. The highest BCUT2D eigenvalue weighted by atomic mass is 16.2. The smallest absolute Gasteiger partial charge is 0.283 e. The van der Waals surface area contributed by atoms with Gasteiger partial charge in [0.2, 0.25) is 0 Å². The number of hydrogen-bond acceptors (Lipinski definition) is 3. The van der Waals surface area contributed by atoms with Crippen LogP contribution in [0.4, 0.5) is 11.4 Å². The fourth-order valence-corrected chi connectivity index (χ4v) is 3.49. The van der Waals surface area contributed by atoms with Gasteiger partial charge < -0.3 is 0 Å². The zero-order valence-corrected chi connectivity index (χ0v) is 15.6. The van der Waals surface area contributed by atoms with Crippen molar-refractivity contribution in [3.63, 3.8) is 0 Å². The molecular formula is C24H20N2O2. The number of para-hydroxylation sites is 2. The second-order valence-electron chi connectivity index (χ2n) is 6.48. The monoisotopic (exact) mass is 368 g/mol. The fraction of sp³-hybridized carbons (Fsp3) is 0.0833. The SMILES string of the molecule is CCC1=C(c2ccccc2)N(N(c2ccccc2)c2ccccc2)C(=O)C1=O. The van der Waals surface area contributed by atoms with Crippen LogP contribution in [-0.4, -0.2) is 16.7 Å². The van der Waals surface area contributed by atoms with Crippen LogP contribution in [0.5, 0.6) is 0 Å². The normalized spacial score (nSPS) is 14.0. The fourth-order valence-electron chi connectivity index (χ4n) is 3.49. The lowest BCUT2D eigenvalue weighted by Gasteiger charge is -2.35. The lowest BCUT2D eigenvalue weighted by Crippen LogP contribution is -2.41. The van der Waals surface area contributed by atoms with E-state index in [-0.39, 0.29) is 0 Å². The van der Waals surface area contributed by atoms with Gasteiger partial charge in [0.15, 0.2) is 0 Å². The largest absolute Gasteiger partial charge is 0.318 e. The van der Waals surface area contributed by atoms with Gasteiger partial charge in [-0.3, -0.25) is 9.59 Å². The minimum Gasteiger partial charge on any atom is -0.283 e. The van der Waals surface area contributed by atoms with E-state index in [1.807, 2.05) is 103 Å². The predicted octanol–water partition coefficient (Wildman–Crippen LogP) is 4.97. The maximum Gasteiger partial charge on any atom is 0.318 e. The maximum atomic E-state index is 13.1. The van der Waals surface area contributed by atoms with Crippen molar-refractivity contribution < 1.29 is 9.59 Å². The molecule has 0 fully saturated rings. The van der Waals surface area contributed by atoms with Crippen LogP contribution in [0.2, 0.25) is 0 Å². The van der Waals surface area contributed by atoms with Gasteiger partial charge in [-0.1, -0.05) is 73.7 Å². The van der Waals surface area contributed by atoms with Gasteiger partial charge in [-0.25, -0.2) is 10.0 Å². The van der Waals surface area contributed by atoms with Gasteiger partial charge in [-0.05, 0) is 30.7 Å². The Hall–Kier alpha value is -3.66. The average molecular weight is 368 g/mol. The molecule has 28 heavy (non-hydrogen) atoms. The van der Waals surface area contributed by atoms with Crippen LogP contribution in [0.3, 0.4) is 0 Å². The number of carbonyl (C=O) groups excluding carboxylic acids is 2. The molecule has 0 saturated heterocycles. The summed E-state index contributed by atoms with van der Waals surface area (Å²) >= 11 is 0. The second kappa shape index (κ2) is 7.53. The highest BCUT2D eigenvalue weighted by molar-refractivity contribution is 6.48. The van der Waals surface area contributed by atoms with E-state index in [0.29, 0.717) is 17.7 Å². The molecule has 138 valence electrons. The van der Waals surface area contributed by atoms with Gasteiger partial charge in [0.05, 0.1) is 17.1 Å². The average Bonchev–Trinajstić information content (AvgIpc) is 3.01. The lowest BCUT2D eigenvalue weighted by atomic mass is 10.0. The minimum absolute atomic E-state index is 0.446. The molecule has 1 aliphatic heterocycles. The molecule has 0 saturated carbocycles. The van der Waals surface area contributed by atoms with E-state index in [1.54, 1.807) is 0 Å². The molecule has 0 bridgehead atoms. The Morgan fingerprint density at radius 3 is 1.64 bits per heavy atom. The third kappa shape index (κ3) is 2.99. The van der Waals surface area contributed by atoms with E-state index in [1.165, 1.54) is 5.01 Å². The van der Waals surface area contributed by atoms with Gasteiger partial charge >= 0.3 is 5.91 Å². The number of amides is 1. The molecule has 1 aliphatic rings. The Bertz CT molecular complexity index is 988. The highest BCUT2D eigenvalue weighted by Crippen LogP contribution is 2.38. The van der Waals surface area contributed by atoms with E-state index in [2.05, 4.69) is 0 Å². The van der Waals surface area contributed by atoms with Crippen molar-refractivity contribution in [3.8, 4) is 0 Å². The first-order valence-electron chi connectivity index (χ1n) is 9.30. The standard InChI is InChI=1S/C24H20N2O2/c1-2-21-22(18-12-6-3-7-13-18)26(24(28)23(21)27)25(19-14-8-4-9-15-19)20-16-10-5-11-17-20/h3-17H,2H2,1H3. The van der Waals surface area contributed by atoms with Crippen molar-refractivity contribution in [1.82, 2.24) is 5.01 Å². The first-order chi connectivity index (χ1) is 13.7. The molecule has 1 heterocycles. The molecule has 4 nitrogen and oxygen atoms in total. The van der Waals surface area contributed by atoms with E-state index in [0.717, 1.165) is 16.9 Å². The first-order valence-corrected chi connectivity index (χ1v) is 9.30. The molecule has 0 radical (unpaired) electrons. The van der Waals surface area contributed by atoms with Crippen LogP contribution in [0, 0.1) is 0 Å². The molecular weight excluding hydrogens is 348 g/mol. The zero-order valence-electron chi connectivity index (χ0n) is 15.6. The van der Waals surface area contributed by atoms with Gasteiger partial charge in [-0.15, -0.1) is 0 Å². The van der Waals surface area contributed by atoms with Crippen molar-refractivity contribution in [3.05, 3.63) is 102 Å². The number of hydrazine groups is 1. The Morgan fingerprint density at radius 2 is 1.18 bits per heavy atom. The Balaban J connectivity index is 1.95. The molecule has 0 aliphatic carbocycles. The summed E-state index contributed by atoms with van der Waals surface area (Å²) in [5.74, 6) is -0.985. The Morgan fingerprint density at radius 1 is 0.714 bits per heavy atom. The van der Waals surface area contributed by atoms with Crippen molar-refractivity contribution in [1.29, 1.82) is 0 Å². The summed E-state index contributed by atoms with van der Waals surface area (Å²) in [4.78, 5) is 26.0. The predicted molar refractivity (Wildman–Crippen MR) is 111 cm³/mol. The molecule has 0 N–H and O–H groups in total. The Kier molecular flexibility index (Phi) is 4.77. The summed E-state index contributed by atoms with van der Waals surface area (Å²) in [5.41, 5.74) is 3.63. The Labute approximate surface area is 164 Å². The van der Waals surface area contributed by atoms with E-state index in [9.17, 15) is 9.59 Å². The number of rotatable bonds is 5. The van der Waals surface area contributed by atoms with Gasteiger partial charge in [0.25, 0.3) is 5.78 Å². The summed E-state index contributed by atoms with van der Waals surface area (Å²) in [6.45, 7) is 1.91. The van der Waals surface area contributed by atoms with Crippen molar-refractivity contribution >= 4 is 28.8 Å². The molecule has 4 heteroatoms. The molecule has 4 rings (SSSR count). The minimum atomic E-state index is -0.539. The molecule has 3 aromatic rings. The van der Waals surface area contributed by atoms with Gasteiger partial charge in [0.1, 0.15) is 0 Å². The van der Waals surface area contributed by atoms with E-state index in [4.69, 9.17) is 0 Å². The lowest BCUT2D eigenvalue weighted by molar-refractivity contribution is -0.139. The van der Waals surface area contributed by atoms with Gasteiger partial charge in [0, 0.05) is 11.1 Å². The summed E-state index contributed by atoms with van der Waals surface area (Å²) in [6, 6.07) is 28.8. The maximum absolute atomic E-state index is 13.1. The highest BCUT2D eigenvalue weighted by Gasteiger charge is 2.42. The van der Waals surface area contributed by atoms with E-state index >= 15 is 0 Å². The molecule has 0 unspecified atom stereocenters. The topological polar surface area (TPSA) is 40.6 Å². The van der Waals surface area contributed by atoms with Crippen LogP contribution >= 0.6 is 0 Å². The van der Waals surface area contributed by atoms with Crippen molar-refractivity contribution in [2.45, 2.75) is 13.3 Å². The summed E-state index contributed by atoms with van der Waals surface area (Å²) in [7, 11) is 0. The summed E-state index contributed by atoms with van der Waals surface area (Å²) in [5, 5.41) is 3.33.